The Morgan fingerprint density at radius 1 is 1.57 bits per heavy atom. The van der Waals surface area contributed by atoms with Crippen LogP contribution in [-0.2, 0) is 7.05 Å². The normalized spacial score (nSPS) is 12.8. The van der Waals surface area contributed by atoms with E-state index in [0.29, 0.717) is 6.01 Å². The van der Waals surface area contributed by atoms with Gasteiger partial charge in [-0.3, -0.25) is 4.68 Å². The Kier molecular flexibility index (Phi) is 4.39. The molecule has 1 rings (SSSR count). The average Bonchev–Trinajstić information content (AvgIpc) is 2.58. The summed E-state index contributed by atoms with van der Waals surface area (Å²) in [5, 5.41) is 7.30. The van der Waals surface area contributed by atoms with Crippen molar-refractivity contribution in [2.75, 3.05) is 13.1 Å². The molecule has 0 spiro atoms. The zero-order valence-corrected chi connectivity index (χ0v) is 9.03. The molecule has 0 aliphatic rings. The third-order valence-corrected chi connectivity index (χ3v) is 1.93. The van der Waals surface area contributed by atoms with E-state index in [1.807, 2.05) is 7.05 Å². The molecular weight excluding hydrogens is 180 g/mol. The Labute approximate surface area is 84.5 Å². The van der Waals surface area contributed by atoms with Gasteiger partial charge in [-0.25, -0.2) is 0 Å². The number of hydrogen-bond donors (Lipinski definition) is 1. The van der Waals surface area contributed by atoms with E-state index < -0.39 is 0 Å². The highest BCUT2D eigenvalue weighted by molar-refractivity contribution is 4.88. The van der Waals surface area contributed by atoms with Crippen LogP contribution in [0.5, 0.6) is 6.01 Å². The van der Waals surface area contributed by atoms with E-state index in [1.54, 1.807) is 11.0 Å². The molecule has 1 unspecified atom stereocenters. The third-order valence-electron chi connectivity index (χ3n) is 1.93. The van der Waals surface area contributed by atoms with Gasteiger partial charge in [0.25, 0.3) is 0 Å². The molecule has 0 aliphatic heterocycles. The number of aromatic nitrogens is 3. The van der Waals surface area contributed by atoms with Gasteiger partial charge in [0, 0.05) is 13.6 Å². The van der Waals surface area contributed by atoms with Crippen molar-refractivity contribution in [1.29, 1.82) is 0 Å². The topological polar surface area (TPSA) is 52.0 Å². The van der Waals surface area contributed by atoms with E-state index in [-0.39, 0.29) is 6.10 Å². The second kappa shape index (κ2) is 5.59. The molecule has 1 heterocycles. The van der Waals surface area contributed by atoms with Gasteiger partial charge in [-0.1, -0.05) is 13.8 Å². The van der Waals surface area contributed by atoms with Crippen molar-refractivity contribution in [2.45, 2.75) is 26.4 Å². The first-order chi connectivity index (χ1) is 6.76. The van der Waals surface area contributed by atoms with Gasteiger partial charge in [-0.15, -0.1) is 5.10 Å². The Bertz CT molecular complexity index is 261. The lowest BCUT2D eigenvalue weighted by molar-refractivity contribution is 0.178. The van der Waals surface area contributed by atoms with Crippen molar-refractivity contribution >= 4 is 0 Å². The molecule has 5 heteroatoms. The standard InChI is InChI=1S/C9H18N4O/c1-4-8(6-10-5-2)14-9-11-7-13(3)12-9/h7-8,10H,4-6H2,1-3H3. The molecule has 0 saturated heterocycles. The van der Waals surface area contributed by atoms with Crippen LogP contribution in [0.2, 0.25) is 0 Å². The molecule has 1 aromatic rings. The SMILES string of the molecule is CCNCC(CC)Oc1ncn(C)n1. The van der Waals surface area contributed by atoms with Gasteiger partial charge in [0.05, 0.1) is 0 Å². The maximum atomic E-state index is 5.58. The largest absolute Gasteiger partial charge is 0.458 e. The van der Waals surface area contributed by atoms with Crippen LogP contribution in [0.25, 0.3) is 0 Å². The van der Waals surface area contributed by atoms with E-state index in [0.717, 1.165) is 19.5 Å². The maximum absolute atomic E-state index is 5.58. The first kappa shape index (κ1) is 11.0. The monoisotopic (exact) mass is 198 g/mol. The third kappa shape index (κ3) is 3.33. The van der Waals surface area contributed by atoms with Crippen molar-refractivity contribution < 1.29 is 4.74 Å². The van der Waals surface area contributed by atoms with Crippen molar-refractivity contribution in [3.63, 3.8) is 0 Å². The fourth-order valence-corrected chi connectivity index (χ4v) is 1.10. The number of rotatable bonds is 6. The highest BCUT2D eigenvalue weighted by Crippen LogP contribution is 2.04. The van der Waals surface area contributed by atoms with E-state index >= 15 is 0 Å². The van der Waals surface area contributed by atoms with E-state index in [2.05, 4.69) is 29.2 Å². The summed E-state index contributed by atoms with van der Waals surface area (Å²) in [6, 6.07) is 0.456. The number of nitrogens with zero attached hydrogens (tertiary/aromatic N) is 3. The number of aryl methyl sites for hydroxylation is 1. The molecule has 80 valence electrons. The predicted molar refractivity (Wildman–Crippen MR) is 54.3 cm³/mol. The van der Waals surface area contributed by atoms with Gasteiger partial charge in [-0.05, 0) is 13.0 Å². The van der Waals surface area contributed by atoms with Crippen molar-refractivity contribution in [2.24, 2.45) is 7.05 Å². The number of ether oxygens (including phenoxy) is 1. The van der Waals surface area contributed by atoms with Gasteiger partial charge >= 0.3 is 6.01 Å². The minimum Gasteiger partial charge on any atom is -0.458 e. The second-order valence-corrected chi connectivity index (χ2v) is 3.16. The highest BCUT2D eigenvalue weighted by atomic mass is 16.5. The Morgan fingerprint density at radius 2 is 2.36 bits per heavy atom. The summed E-state index contributed by atoms with van der Waals surface area (Å²) in [7, 11) is 1.82. The first-order valence-electron chi connectivity index (χ1n) is 4.99. The van der Waals surface area contributed by atoms with Crippen LogP contribution in [0, 0.1) is 0 Å². The minimum atomic E-state index is 0.150. The summed E-state index contributed by atoms with van der Waals surface area (Å²) >= 11 is 0. The Morgan fingerprint density at radius 3 is 2.86 bits per heavy atom. The Balaban J connectivity index is 2.40. The molecule has 0 radical (unpaired) electrons. The molecule has 0 bridgehead atoms. The molecule has 1 N–H and O–H groups in total. The number of nitrogens with one attached hydrogen (secondary N) is 1. The summed E-state index contributed by atoms with van der Waals surface area (Å²) in [6.07, 6.45) is 2.73. The van der Waals surface area contributed by atoms with Gasteiger partial charge in [-0.2, -0.15) is 4.98 Å². The lowest BCUT2D eigenvalue weighted by Gasteiger charge is -2.14. The van der Waals surface area contributed by atoms with Crippen molar-refractivity contribution in [3.05, 3.63) is 6.33 Å². The molecule has 0 amide bonds. The summed E-state index contributed by atoms with van der Waals surface area (Å²) in [4.78, 5) is 4.01. The van der Waals surface area contributed by atoms with E-state index in [1.165, 1.54) is 0 Å². The summed E-state index contributed by atoms with van der Waals surface area (Å²) < 4.78 is 7.22. The van der Waals surface area contributed by atoms with Crippen molar-refractivity contribution in [1.82, 2.24) is 20.1 Å². The highest BCUT2D eigenvalue weighted by Gasteiger charge is 2.09. The Hall–Kier alpha value is -1.10. The van der Waals surface area contributed by atoms with E-state index in [9.17, 15) is 0 Å². The molecule has 0 fully saturated rings. The molecule has 0 aromatic carbocycles. The average molecular weight is 198 g/mol. The number of likely N-dealkylation sites (N-methyl/N-ethyl adjacent to an activating group) is 1. The van der Waals surface area contributed by atoms with Crippen LogP contribution in [0.3, 0.4) is 0 Å². The molecule has 1 aromatic heterocycles. The quantitative estimate of drug-likeness (QED) is 0.726. The number of hydrogen-bond acceptors (Lipinski definition) is 4. The summed E-state index contributed by atoms with van der Waals surface area (Å²) in [5.41, 5.74) is 0. The summed E-state index contributed by atoms with van der Waals surface area (Å²) in [5.74, 6) is 0. The molecular formula is C9H18N4O. The fourth-order valence-electron chi connectivity index (χ4n) is 1.10. The van der Waals surface area contributed by atoms with Gasteiger partial charge in [0.1, 0.15) is 12.4 Å². The van der Waals surface area contributed by atoms with E-state index in [4.69, 9.17) is 4.74 Å². The zero-order valence-electron chi connectivity index (χ0n) is 9.03. The second-order valence-electron chi connectivity index (χ2n) is 3.16. The van der Waals surface area contributed by atoms with Crippen LogP contribution >= 0.6 is 0 Å². The molecule has 1 atom stereocenters. The maximum Gasteiger partial charge on any atom is 0.335 e. The van der Waals surface area contributed by atoms with Gasteiger partial charge in [0.2, 0.25) is 0 Å². The predicted octanol–water partition coefficient (Wildman–Crippen LogP) is 0.582. The zero-order chi connectivity index (χ0) is 10.4. The molecule has 0 saturated carbocycles. The molecule has 0 aliphatic carbocycles. The first-order valence-corrected chi connectivity index (χ1v) is 4.99. The van der Waals surface area contributed by atoms with Crippen LogP contribution in [-0.4, -0.2) is 34.0 Å². The summed E-state index contributed by atoms with van der Waals surface area (Å²) in [6.45, 7) is 5.96. The fraction of sp³-hybridized carbons (Fsp3) is 0.778. The molecule has 5 nitrogen and oxygen atoms in total. The minimum absolute atomic E-state index is 0.150. The van der Waals surface area contributed by atoms with Gasteiger partial charge in [0.15, 0.2) is 0 Å². The van der Waals surface area contributed by atoms with Gasteiger partial charge < -0.3 is 10.1 Å². The smallest absolute Gasteiger partial charge is 0.335 e. The van der Waals surface area contributed by atoms with Crippen LogP contribution in [0.1, 0.15) is 20.3 Å². The van der Waals surface area contributed by atoms with Crippen LogP contribution in [0.4, 0.5) is 0 Å². The lowest BCUT2D eigenvalue weighted by Crippen LogP contribution is -2.31. The van der Waals surface area contributed by atoms with Crippen molar-refractivity contribution in [3.8, 4) is 6.01 Å². The van der Waals surface area contributed by atoms with Crippen LogP contribution in [0.15, 0.2) is 6.33 Å². The molecule has 14 heavy (non-hydrogen) atoms. The van der Waals surface area contributed by atoms with Crippen LogP contribution < -0.4 is 10.1 Å². The lowest BCUT2D eigenvalue weighted by atomic mass is 10.3.